The summed E-state index contributed by atoms with van der Waals surface area (Å²) in [7, 11) is 1.93. The van der Waals surface area contributed by atoms with Gasteiger partial charge in [0.2, 0.25) is 11.8 Å². The molecule has 0 bridgehead atoms. The van der Waals surface area contributed by atoms with Crippen LogP contribution in [0.3, 0.4) is 0 Å². The average Bonchev–Trinajstić information content (AvgIpc) is 3.44. The summed E-state index contributed by atoms with van der Waals surface area (Å²) in [5.41, 5.74) is 1.82. The highest BCUT2D eigenvalue weighted by Crippen LogP contribution is 2.22. The number of aromatic nitrogens is 2. The molecular weight excluding hydrogens is 556 g/mol. The van der Waals surface area contributed by atoms with Crippen LogP contribution < -0.4 is 16.0 Å². The molecule has 0 aliphatic carbocycles. The first kappa shape index (κ1) is 31.0. The van der Waals surface area contributed by atoms with Crippen LogP contribution in [-0.4, -0.2) is 68.5 Å². The van der Waals surface area contributed by atoms with Gasteiger partial charge in [-0.2, -0.15) is 0 Å². The Kier molecular flexibility index (Phi) is 10.6. The number of para-hydroxylation sites is 1. The standard InChI is InChI=1S/C30H40N6O5S/c1-19(2)14-22(34-30(41)36-12-8-4-5-9-13-36)28(38)33-23(15-20-17-35(3)25-11-7-6-10-21(20)25)27(37)31-16-26-32-24(18-42-26)29(39)40/h6-7,10-11,17-19,22-23H,4-5,8-9,12-16H2,1-3H3,(H,31,37)(H,33,38)(H,34,41)(H,39,40)/t22-,23+/m0/s1. The van der Waals surface area contributed by atoms with Gasteiger partial charge >= 0.3 is 12.0 Å². The fourth-order valence-electron chi connectivity index (χ4n) is 5.28. The van der Waals surface area contributed by atoms with Crippen LogP contribution in [0.1, 0.15) is 67.0 Å². The number of hydrogen-bond acceptors (Lipinski definition) is 6. The van der Waals surface area contributed by atoms with E-state index < -0.39 is 29.9 Å². The van der Waals surface area contributed by atoms with Gasteiger partial charge in [-0.25, -0.2) is 14.6 Å². The summed E-state index contributed by atoms with van der Waals surface area (Å²) in [6.45, 7) is 5.32. The number of carbonyl (C=O) groups is 4. The Hall–Kier alpha value is -3.93. The molecule has 42 heavy (non-hydrogen) atoms. The summed E-state index contributed by atoms with van der Waals surface area (Å²) in [6.07, 6.45) is 6.65. The number of carboxylic acid groups (broad SMARTS) is 1. The molecule has 0 saturated carbocycles. The van der Waals surface area contributed by atoms with Gasteiger partial charge in [0, 0.05) is 49.0 Å². The number of nitrogens with one attached hydrogen (secondary N) is 3. The Morgan fingerprint density at radius 3 is 2.38 bits per heavy atom. The Bertz CT molecular complexity index is 1410. The Morgan fingerprint density at radius 1 is 1.00 bits per heavy atom. The summed E-state index contributed by atoms with van der Waals surface area (Å²) in [5.74, 6) is -1.85. The number of urea groups is 1. The molecule has 2 atom stereocenters. The molecule has 2 aromatic heterocycles. The first-order valence-corrected chi connectivity index (χ1v) is 15.3. The molecule has 3 aromatic rings. The predicted molar refractivity (Wildman–Crippen MR) is 161 cm³/mol. The van der Waals surface area contributed by atoms with Crippen LogP contribution >= 0.6 is 11.3 Å². The van der Waals surface area contributed by atoms with E-state index in [1.165, 1.54) is 5.38 Å². The lowest BCUT2D eigenvalue weighted by molar-refractivity contribution is -0.130. The molecule has 3 heterocycles. The lowest BCUT2D eigenvalue weighted by Gasteiger charge is -2.27. The van der Waals surface area contributed by atoms with E-state index in [1.54, 1.807) is 4.90 Å². The van der Waals surface area contributed by atoms with Crippen LogP contribution in [0.15, 0.2) is 35.8 Å². The second kappa shape index (κ2) is 14.3. The predicted octanol–water partition coefficient (Wildman–Crippen LogP) is 3.68. The molecule has 11 nitrogen and oxygen atoms in total. The quantitative estimate of drug-likeness (QED) is 0.266. The van der Waals surface area contributed by atoms with Gasteiger partial charge in [0.25, 0.3) is 0 Å². The maximum Gasteiger partial charge on any atom is 0.355 e. The molecule has 226 valence electrons. The van der Waals surface area contributed by atoms with Crippen molar-refractivity contribution in [2.45, 2.75) is 71.0 Å². The van der Waals surface area contributed by atoms with Crippen molar-refractivity contribution in [3.8, 4) is 0 Å². The van der Waals surface area contributed by atoms with E-state index in [0.29, 0.717) is 24.5 Å². The maximum atomic E-state index is 13.7. The third-order valence-corrected chi connectivity index (χ3v) is 8.28. The molecule has 1 saturated heterocycles. The minimum absolute atomic E-state index is 0.0276. The maximum absolute atomic E-state index is 13.7. The number of rotatable bonds is 11. The van der Waals surface area contributed by atoms with Crippen LogP contribution in [-0.2, 0) is 29.6 Å². The normalized spacial score (nSPS) is 15.2. The summed E-state index contributed by atoms with van der Waals surface area (Å²) in [6, 6.07) is 5.85. The summed E-state index contributed by atoms with van der Waals surface area (Å²) < 4.78 is 1.98. The highest BCUT2D eigenvalue weighted by Gasteiger charge is 2.30. The molecule has 1 aliphatic rings. The van der Waals surface area contributed by atoms with Crippen molar-refractivity contribution in [3.05, 3.63) is 52.1 Å². The van der Waals surface area contributed by atoms with Crippen LogP contribution in [0.4, 0.5) is 4.79 Å². The van der Waals surface area contributed by atoms with Crippen LogP contribution in [0, 0.1) is 5.92 Å². The summed E-state index contributed by atoms with van der Waals surface area (Å²) >= 11 is 1.14. The smallest absolute Gasteiger partial charge is 0.355 e. The first-order chi connectivity index (χ1) is 20.1. The van der Waals surface area contributed by atoms with E-state index in [2.05, 4.69) is 20.9 Å². The number of benzene rings is 1. The highest BCUT2D eigenvalue weighted by atomic mass is 32.1. The first-order valence-electron chi connectivity index (χ1n) is 14.5. The number of thiazole rings is 1. The number of carboxylic acids is 1. The van der Waals surface area contributed by atoms with Crippen molar-refractivity contribution in [1.29, 1.82) is 0 Å². The number of likely N-dealkylation sites (tertiary alicyclic amines) is 1. The fourth-order valence-corrected chi connectivity index (χ4v) is 5.99. The molecule has 12 heteroatoms. The lowest BCUT2D eigenvalue weighted by Crippen LogP contribution is -2.56. The second-order valence-corrected chi connectivity index (χ2v) is 12.2. The van der Waals surface area contributed by atoms with Crippen molar-refractivity contribution >= 4 is 46.1 Å². The van der Waals surface area contributed by atoms with Gasteiger partial charge in [0.15, 0.2) is 5.69 Å². The SMILES string of the molecule is CC(C)C[C@H](NC(=O)N1CCCCCC1)C(=O)N[C@H](Cc1cn(C)c2ccccc12)C(=O)NCc1nc(C(=O)O)cs1. The van der Waals surface area contributed by atoms with Crippen molar-refractivity contribution in [2.75, 3.05) is 13.1 Å². The van der Waals surface area contributed by atoms with Gasteiger partial charge in [-0.1, -0.05) is 44.9 Å². The average molecular weight is 597 g/mol. The minimum Gasteiger partial charge on any atom is -0.476 e. The van der Waals surface area contributed by atoms with E-state index >= 15 is 0 Å². The Labute approximate surface area is 249 Å². The lowest BCUT2D eigenvalue weighted by atomic mass is 10.0. The number of nitrogens with zero attached hydrogens (tertiary/aromatic N) is 3. The molecule has 0 unspecified atom stereocenters. The van der Waals surface area contributed by atoms with E-state index in [9.17, 15) is 19.2 Å². The molecule has 4 N–H and O–H groups in total. The van der Waals surface area contributed by atoms with E-state index in [-0.39, 0.29) is 30.6 Å². The molecule has 0 spiro atoms. The monoisotopic (exact) mass is 596 g/mol. The number of carbonyl (C=O) groups excluding carboxylic acids is 3. The third kappa shape index (κ3) is 8.09. The van der Waals surface area contributed by atoms with Gasteiger partial charge in [0.1, 0.15) is 17.1 Å². The molecular formula is C30H40N6O5S. The van der Waals surface area contributed by atoms with E-state index in [0.717, 1.165) is 53.5 Å². The summed E-state index contributed by atoms with van der Waals surface area (Å²) in [5, 5.41) is 20.7. The number of amides is 4. The Balaban J connectivity index is 1.53. The van der Waals surface area contributed by atoms with Crippen LogP contribution in [0.2, 0.25) is 0 Å². The van der Waals surface area contributed by atoms with Gasteiger partial charge in [-0.15, -0.1) is 11.3 Å². The zero-order chi connectivity index (χ0) is 30.2. The molecule has 1 aliphatic heterocycles. The van der Waals surface area contributed by atoms with Gasteiger partial charge < -0.3 is 30.5 Å². The Morgan fingerprint density at radius 2 is 1.71 bits per heavy atom. The topological polar surface area (TPSA) is 146 Å². The number of hydrogen-bond donors (Lipinski definition) is 4. The van der Waals surface area contributed by atoms with Crippen molar-refractivity contribution in [1.82, 2.24) is 30.4 Å². The number of fused-ring (bicyclic) bond motifs is 1. The summed E-state index contributed by atoms with van der Waals surface area (Å²) in [4.78, 5) is 57.3. The molecule has 1 fully saturated rings. The van der Waals surface area contributed by atoms with Crippen molar-refractivity contribution in [2.24, 2.45) is 13.0 Å². The van der Waals surface area contributed by atoms with Crippen molar-refractivity contribution < 1.29 is 24.3 Å². The fraction of sp³-hybridized carbons (Fsp3) is 0.500. The number of aryl methyl sites for hydroxylation is 1. The van der Waals surface area contributed by atoms with Gasteiger partial charge in [0.05, 0.1) is 6.54 Å². The van der Waals surface area contributed by atoms with Crippen molar-refractivity contribution in [3.63, 3.8) is 0 Å². The second-order valence-electron chi connectivity index (χ2n) is 11.2. The zero-order valence-electron chi connectivity index (χ0n) is 24.4. The number of aromatic carboxylic acids is 1. The van der Waals surface area contributed by atoms with Gasteiger partial charge in [-0.05, 0) is 36.8 Å². The highest BCUT2D eigenvalue weighted by molar-refractivity contribution is 7.09. The van der Waals surface area contributed by atoms with E-state index in [1.807, 2.05) is 55.9 Å². The van der Waals surface area contributed by atoms with Crippen LogP contribution in [0.5, 0.6) is 0 Å². The molecule has 0 radical (unpaired) electrons. The largest absolute Gasteiger partial charge is 0.476 e. The molecule has 1 aromatic carbocycles. The molecule has 4 rings (SSSR count). The van der Waals surface area contributed by atoms with Crippen LogP contribution in [0.25, 0.3) is 10.9 Å². The zero-order valence-corrected chi connectivity index (χ0v) is 25.2. The molecule has 4 amide bonds. The van der Waals surface area contributed by atoms with Gasteiger partial charge in [-0.3, -0.25) is 9.59 Å². The minimum atomic E-state index is -1.14. The third-order valence-electron chi connectivity index (χ3n) is 7.44. The van der Waals surface area contributed by atoms with E-state index in [4.69, 9.17) is 5.11 Å².